The Balaban J connectivity index is 1.83. The number of rotatable bonds is 9. The third kappa shape index (κ3) is 6.35. The molecule has 1 amide bonds. The van der Waals surface area contributed by atoms with E-state index in [2.05, 4.69) is 4.99 Å². The van der Waals surface area contributed by atoms with Crippen molar-refractivity contribution in [2.75, 3.05) is 26.4 Å². The van der Waals surface area contributed by atoms with Gasteiger partial charge in [-0.1, -0.05) is 6.07 Å². The molecule has 3 rings (SSSR count). The number of aliphatic imine (C=N–C) groups is 1. The Hall–Kier alpha value is -3.33. The number of carbonyl (C=O) groups is 2. The van der Waals surface area contributed by atoms with E-state index in [0.717, 1.165) is 5.56 Å². The summed E-state index contributed by atoms with van der Waals surface area (Å²) in [6, 6.07) is 11.0. The maximum atomic E-state index is 13.2. The molecule has 1 fully saturated rings. The lowest BCUT2D eigenvalue weighted by atomic mass is 10.2. The molecule has 0 bridgehead atoms. The van der Waals surface area contributed by atoms with E-state index in [1.807, 2.05) is 13.8 Å². The Morgan fingerprint density at radius 1 is 1.06 bits per heavy atom. The van der Waals surface area contributed by atoms with Gasteiger partial charge < -0.3 is 14.2 Å². The summed E-state index contributed by atoms with van der Waals surface area (Å²) in [7, 11) is 0. The number of hydrogen-bond acceptors (Lipinski definition) is 7. The van der Waals surface area contributed by atoms with Gasteiger partial charge in [0, 0.05) is 6.54 Å². The number of benzene rings is 2. The number of nitrogens with zero attached hydrogens (tertiary/aromatic N) is 2. The van der Waals surface area contributed by atoms with Gasteiger partial charge in [-0.3, -0.25) is 9.69 Å². The van der Waals surface area contributed by atoms with Crippen molar-refractivity contribution >= 4 is 40.6 Å². The largest absolute Gasteiger partial charge is 0.490 e. The van der Waals surface area contributed by atoms with Gasteiger partial charge in [0.15, 0.2) is 23.3 Å². The van der Waals surface area contributed by atoms with Gasteiger partial charge in [-0.15, -0.1) is 0 Å². The molecule has 0 N–H and O–H groups in total. The smallest absolute Gasteiger partial charge is 0.344 e. The molecule has 2 aromatic rings. The fourth-order valence-corrected chi connectivity index (χ4v) is 4.05. The van der Waals surface area contributed by atoms with E-state index in [-0.39, 0.29) is 24.9 Å². The van der Waals surface area contributed by atoms with Crippen molar-refractivity contribution in [3.8, 4) is 11.5 Å². The number of hydrogen-bond donors (Lipinski definition) is 0. The van der Waals surface area contributed by atoms with Gasteiger partial charge in [0.2, 0.25) is 0 Å². The van der Waals surface area contributed by atoms with Gasteiger partial charge >= 0.3 is 5.97 Å². The molecular weight excluding hydrogens is 447 g/mol. The van der Waals surface area contributed by atoms with Crippen molar-refractivity contribution in [3.63, 3.8) is 0 Å². The molecule has 0 saturated carbocycles. The lowest BCUT2D eigenvalue weighted by Gasteiger charge is -2.12. The monoisotopic (exact) mass is 472 g/mol. The highest BCUT2D eigenvalue weighted by atomic mass is 32.2. The molecule has 0 aliphatic carbocycles. The number of carbonyl (C=O) groups excluding carboxylic acids is 2. The molecule has 1 aliphatic heterocycles. The number of amides is 1. The van der Waals surface area contributed by atoms with Crippen LogP contribution >= 0.6 is 11.8 Å². The summed E-state index contributed by atoms with van der Waals surface area (Å²) >= 11 is 1.25. The Morgan fingerprint density at radius 3 is 2.48 bits per heavy atom. The first kappa shape index (κ1) is 24.3. The molecule has 1 aliphatic rings. The first-order chi connectivity index (χ1) is 15.9. The maximum absolute atomic E-state index is 13.2. The van der Waals surface area contributed by atoms with Gasteiger partial charge in [0.05, 0.1) is 23.8 Å². The minimum atomic E-state index is -0.466. The molecule has 2 aromatic carbocycles. The Kier molecular flexibility index (Phi) is 8.48. The quantitative estimate of drug-likeness (QED) is 0.386. The number of amidine groups is 1. The van der Waals surface area contributed by atoms with Crippen LogP contribution in [0.1, 0.15) is 26.3 Å². The van der Waals surface area contributed by atoms with Gasteiger partial charge in [-0.25, -0.2) is 14.2 Å². The second-order valence-corrected chi connectivity index (χ2v) is 7.77. The summed E-state index contributed by atoms with van der Waals surface area (Å²) in [6.07, 6.45) is 1.75. The van der Waals surface area contributed by atoms with Crippen molar-refractivity contribution < 1.29 is 28.2 Å². The van der Waals surface area contributed by atoms with E-state index >= 15 is 0 Å². The number of likely N-dealkylation sites (N-methyl/N-ethyl adjacent to an activating group) is 1. The zero-order valence-electron chi connectivity index (χ0n) is 18.7. The molecule has 0 spiro atoms. The predicted molar refractivity (Wildman–Crippen MR) is 126 cm³/mol. The van der Waals surface area contributed by atoms with Crippen LogP contribution in [0.25, 0.3) is 6.08 Å². The van der Waals surface area contributed by atoms with Crippen LogP contribution in [-0.4, -0.2) is 48.3 Å². The van der Waals surface area contributed by atoms with E-state index in [0.29, 0.717) is 40.4 Å². The first-order valence-electron chi connectivity index (χ1n) is 10.6. The lowest BCUT2D eigenvalue weighted by Crippen LogP contribution is -2.28. The second kappa shape index (κ2) is 11.5. The third-order valence-electron chi connectivity index (χ3n) is 4.47. The van der Waals surface area contributed by atoms with Gasteiger partial charge in [0.25, 0.3) is 5.91 Å². The predicted octanol–water partition coefficient (Wildman–Crippen LogP) is 4.79. The molecule has 0 radical (unpaired) electrons. The molecule has 1 saturated heterocycles. The molecule has 174 valence electrons. The van der Waals surface area contributed by atoms with Crippen molar-refractivity contribution in [1.29, 1.82) is 0 Å². The zero-order chi connectivity index (χ0) is 23.8. The van der Waals surface area contributed by atoms with Crippen LogP contribution in [0.2, 0.25) is 0 Å². The van der Waals surface area contributed by atoms with Crippen LogP contribution in [-0.2, 0) is 14.3 Å². The highest BCUT2D eigenvalue weighted by Crippen LogP contribution is 2.36. The van der Waals surface area contributed by atoms with Gasteiger partial charge in [-0.2, -0.15) is 0 Å². The van der Waals surface area contributed by atoms with Crippen LogP contribution in [0.3, 0.4) is 0 Å². The Labute approximate surface area is 196 Å². The zero-order valence-corrected chi connectivity index (χ0v) is 19.5. The van der Waals surface area contributed by atoms with Crippen LogP contribution in [0.4, 0.5) is 10.1 Å². The van der Waals surface area contributed by atoms with Crippen molar-refractivity contribution in [3.05, 3.63) is 58.8 Å². The standard InChI is InChI=1S/C24H25FN2O5S/c1-4-27-23(29)21(33-24(27)26-18-10-8-17(25)9-11-18)14-16-7-12-19(20(13-16)30-5-2)32-15-22(28)31-6-3/h7-14H,4-6,15H2,1-3H3/b21-14+,26-24?. The summed E-state index contributed by atoms with van der Waals surface area (Å²) in [5.74, 6) is -0.108. The van der Waals surface area contributed by atoms with Crippen LogP contribution < -0.4 is 9.47 Å². The minimum Gasteiger partial charge on any atom is -0.490 e. The number of halogens is 1. The Bertz CT molecular complexity index is 1070. The average molecular weight is 473 g/mol. The summed E-state index contributed by atoms with van der Waals surface area (Å²) in [4.78, 5) is 31.1. The van der Waals surface area contributed by atoms with Crippen LogP contribution in [0.5, 0.6) is 11.5 Å². The van der Waals surface area contributed by atoms with Crippen molar-refractivity contribution in [2.45, 2.75) is 20.8 Å². The third-order valence-corrected chi connectivity index (χ3v) is 5.48. The molecule has 0 aromatic heterocycles. The average Bonchev–Trinajstić information content (AvgIpc) is 3.09. The maximum Gasteiger partial charge on any atom is 0.344 e. The van der Waals surface area contributed by atoms with Crippen LogP contribution in [0.15, 0.2) is 52.4 Å². The van der Waals surface area contributed by atoms with E-state index < -0.39 is 5.97 Å². The van der Waals surface area contributed by atoms with Gasteiger partial charge in [-0.05, 0) is 80.6 Å². The fourth-order valence-electron chi connectivity index (χ4n) is 2.99. The molecule has 1 heterocycles. The van der Waals surface area contributed by atoms with E-state index in [4.69, 9.17) is 14.2 Å². The highest BCUT2D eigenvalue weighted by molar-refractivity contribution is 8.18. The summed E-state index contributed by atoms with van der Waals surface area (Å²) in [5, 5.41) is 0.528. The molecule has 7 nitrogen and oxygen atoms in total. The normalized spacial score (nSPS) is 15.9. The molecule has 33 heavy (non-hydrogen) atoms. The fraction of sp³-hybridized carbons (Fsp3) is 0.292. The lowest BCUT2D eigenvalue weighted by molar-refractivity contribution is -0.145. The van der Waals surface area contributed by atoms with E-state index in [1.165, 1.54) is 23.9 Å². The summed E-state index contributed by atoms with van der Waals surface area (Å²) < 4.78 is 29.2. The van der Waals surface area contributed by atoms with E-state index in [1.54, 1.807) is 48.2 Å². The number of ether oxygens (including phenoxy) is 3. The second-order valence-electron chi connectivity index (χ2n) is 6.76. The number of thioether (sulfide) groups is 1. The summed E-state index contributed by atoms with van der Waals surface area (Å²) in [5.41, 5.74) is 1.30. The molecule has 0 atom stereocenters. The Morgan fingerprint density at radius 2 is 1.82 bits per heavy atom. The SMILES string of the molecule is CCOC(=O)COc1ccc(/C=C2/SC(=Nc3ccc(F)cc3)N(CC)C2=O)cc1OCC. The highest BCUT2D eigenvalue weighted by Gasteiger charge is 2.32. The molecular formula is C24H25FN2O5S. The van der Waals surface area contributed by atoms with Crippen LogP contribution in [0, 0.1) is 5.82 Å². The molecule has 0 unspecified atom stereocenters. The van der Waals surface area contributed by atoms with Crippen molar-refractivity contribution in [2.24, 2.45) is 4.99 Å². The van der Waals surface area contributed by atoms with E-state index in [9.17, 15) is 14.0 Å². The first-order valence-corrected chi connectivity index (χ1v) is 11.4. The minimum absolute atomic E-state index is 0.163. The summed E-state index contributed by atoms with van der Waals surface area (Å²) in [6.45, 7) is 6.34. The topological polar surface area (TPSA) is 77.4 Å². The number of esters is 1. The molecule has 9 heteroatoms. The van der Waals surface area contributed by atoms with Gasteiger partial charge in [0.1, 0.15) is 5.82 Å². The van der Waals surface area contributed by atoms with Crippen molar-refractivity contribution in [1.82, 2.24) is 4.90 Å².